The van der Waals surface area contributed by atoms with Crippen LogP contribution in [0.1, 0.15) is 45.8 Å². The number of halogens is 1. The molecule has 1 aromatic carbocycles. The van der Waals surface area contributed by atoms with Gasteiger partial charge in [-0.1, -0.05) is 48.4 Å². The lowest BCUT2D eigenvalue weighted by atomic mass is 10.0. The van der Waals surface area contributed by atoms with E-state index in [2.05, 4.69) is 20.6 Å². The average Bonchev–Trinajstić information content (AvgIpc) is 3.24. The molecule has 0 aliphatic rings. The summed E-state index contributed by atoms with van der Waals surface area (Å²) in [5.41, 5.74) is 4.56. The van der Waals surface area contributed by atoms with Gasteiger partial charge in [0.15, 0.2) is 5.11 Å². The lowest BCUT2D eigenvalue weighted by Gasteiger charge is -2.14. The van der Waals surface area contributed by atoms with Crippen molar-refractivity contribution < 1.29 is 9.53 Å². The molecule has 2 aromatic heterocycles. The summed E-state index contributed by atoms with van der Waals surface area (Å²) in [5, 5.41) is 7.07. The van der Waals surface area contributed by atoms with Crippen LogP contribution in [0.15, 0.2) is 48.7 Å². The summed E-state index contributed by atoms with van der Waals surface area (Å²) in [6, 6.07) is 13.0. The standard InChI is InChI=1S/C23H25ClN4O2S/c1-14-4-6-16(7-5-14)22(29)20-9-8-19(28-20)15(2)21-18(24)12-17(13-26-21)27-23(31)25-10-11-30-3/h4-9,12-13,15,28H,10-11H2,1-3H3,(H2,25,27,31). The van der Waals surface area contributed by atoms with Gasteiger partial charge in [-0.05, 0) is 37.3 Å². The minimum absolute atomic E-state index is 0.0495. The number of hydrogen-bond acceptors (Lipinski definition) is 4. The molecule has 1 atom stereocenters. The molecule has 0 aliphatic carbocycles. The number of aromatic nitrogens is 2. The maximum Gasteiger partial charge on any atom is 0.209 e. The number of nitrogens with zero attached hydrogens (tertiary/aromatic N) is 1. The zero-order valence-electron chi connectivity index (χ0n) is 17.7. The highest BCUT2D eigenvalue weighted by Crippen LogP contribution is 2.29. The lowest BCUT2D eigenvalue weighted by molar-refractivity contribution is 0.103. The summed E-state index contributed by atoms with van der Waals surface area (Å²) in [5.74, 6) is -0.167. The van der Waals surface area contributed by atoms with E-state index in [0.29, 0.717) is 45.9 Å². The number of aromatic amines is 1. The molecule has 0 amide bonds. The van der Waals surface area contributed by atoms with E-state index in [-0.39, 0.29) is 11.7 Å². The number of rotatable bonds is 8. The van der Waals surface area contributed by atoms with Crippen LogP contribution >= 0.6 is 23.8 Å². The topological polar surface area (TPSA) is 79.0 Å². The van der Waals surface area contributed by atoms with Crippen molar-refractivity contribution in [2.75, 3.05) is 25.6 Å². The second-order valence-corrected chi connectivity index (χ2v) is 8.02. The predicted molar refractivity (Wildman–Crippen MR) is 128 cm³/mol. The molecular formula is C23H25ClN4O2S. The summed E-state index contributed by atoms with van der Waals surface area (Å²) < 4.78 is 4.98. The first-order valence-corrected chi connectivity index (χ1v) is 10.7. The average molecular weight is 457 g/mol. The number of hydrogen-bond donors (Lipinski definition) is 3. The van der Waals surface area contributed by atoms with Gasteiger partial charge in [-0.25, -0.2) is 0 Å². The normalized spacial score (nSPS) is 11.7. The third-order valence-corrected chi connectivity index (χ3v) is 5.41. The number of ketones is 1. The molecule has 0 saturated heterocycles. The predicted octanol–water partition coefficient (Wildman–Crippen LogP) is 4.69. The molecule has 6 nitrogen and oxygen atoms in total. The number of benzene rings is 1. The summed E-state index contributed by atoms with van der Waals surface area (Å²) in [6.45, 7) is 5.15. The van der Waals surface area contributed by atoms with Crippen molar-refractivity contribution in [2.45, 2.75) is 19.8 Å². The van der Waals surface area contributed by atoms with Crippen LogP contribution in [0.5, 0.6) is 0 Å². The first-order valence-electron chi connectivity index (χ1n) is 9.88. The van der Waals surface area contributed by atoms with Crippen LogP contribution in [0.3, 0.4) is 0 Å². The third kappa shape index (κ3) is 5.91. The molecule has 3 N–H and O–H groups in total. The Morgan fingerprint density at radius 2 is 2.00 bits per heavy atom. The number of aryl methyl sites for hydroxylation is 1. The van der Waals surface area contributed by atoms with Crippen molar-refractivity contribution in [3.8, 4) is 0 Å². The van der Waals surface area contributed by atoms with Gasteiger partial charge in [0.25, 0.3) is 0 Å². The van der Waals surface area contributed by atoms with Gasteiger partial charge in [-0.15, -0.1) is 0 Å². The lowest BCUT2D eigenvalue weighted by Crippen LogP contribution is -2.31. The molecule has 3 aromatic rings. The van der Waals surface area contributed by atoms with Crippen molar-refractivity contribution in [2.24, 2.45) is 0 Å². The van der Waals surface area contributed by atoms with E-state index in [1.807, 2.05) is 44.2 Å². The Morgan fingerprint density at radius 1 is 1.26 bits per heavy atom. The molecule has 162 valence electrons. The molecule has 8 heteroatoms. The monoisotopic (exact) mass is 456 g/mol. The number of H-pyrrole nitrogens is 1. The highest BCUT2D eigenvalue weighted by molar-refractivity contribution is 7.80. The molecule has 0 saturated carbocycles. The van der Waals surface area contributed by atoms with E-state index in [9.17, 15) is 4.79 Å². The smallest absolute Gasteiger partial charge is 0.209 e. The third-order valence-electron chi connectivity index (χ3n) is 4.86. The van der Waals surface area contributed by atoms with Gasteiger partial charge < -0.3 is 20.4 Å². The van der Waals surface area contributed by atoms with Crippen LogP contribution in [-0.4, -0.2) is 41.1 Å². The number of carbonyl (C=O) groups is 1. The van der Waals surface area contributed by atoms with E-state index < -0.39 is 0 Å². The fraction of sp³-hybridized carbons (Fsp3) is 0.261. The zero-order valence-corrected chi connectivity index (χ0v) is 19.2. The van der Waals surface area contributed by atoms with Gasteiger partial charge in [-0.3, -0.25) is 9.78 Å². The first kappa shape index (κ1) is 22.9. The molecule has 31 heavy (non-hydrogen) atoms. The van der Waals surface area contributed by atoms with Gasteiger partial charge in [0.2, 0.25) is 5.78 Å². The van der Waals surface area contributed by atoms with Crippen molar-refractivity contribution >= 4 is 40.4 Å². The van der Waals surface area contributed by atoms with Crippen molar-refractivity contribution in [1.82, 2.24) is 15.3 Å². The zero-order chi connectivity index (χ0) is 22.4. The number of ether oxygens (including phenoxy) is 1. The number of nitrogens with one attached hydrogen (secondary N) is 3. The summed E-state index contributed by atoms with van der Waals surface area (Å²) >= 11 is 11.7. The Hall–Kier alpha value is -2.74. The Balaban J connectivity index is 1.70. The minimum Gasteiger partial charge on any atom is -0.383 e. The second kappa shape index (κ2) is 10.5. The van der Waals surface area contributed by atoms with E-state index >= 15 is 0 Å². The van der Waals surface area contributed by atoms with Gasteiger partial charge in [0.1, 0.15) is 0 Å². The van der Waals surface area contributed by atoms with Crippen LogP contribution < -0.4 is 10.6 Å². The van der Waals surface area contributed by atoms with Crippen LogP contribution in [0.25, 0.3) is 0 Å². The maximum atomic E-state index is 12.7. The number of carbonyl (C=O) groups excluding carboxylic acids is 1. The Morgan fingerprint density at radius 3 is 2.68 bits per heavy atom. The number of thiocarbonyl (C=S) groups is 1. The first-order chi connectivity index (χ1) is 14.9. The molecule has 0 aliphatic heterocycles. The van der Waals surface area contributed by atoms with E-state index in [4.69, 9.17) is 28.6 Å². The van der Waals surface area contributed by atoms with Gasteiger partial charge >= 0.3 is 0 Å². The molecule has 0 spiro atoms. The van der Waals surface area contributed by atoms with Crippen molar-refractivity contribution in [3.05, 3.63) is 81.9 Å². The molecule has 0 bridgehead atoms. The molecule has 2 heterocycles. The fourth-order valence-electron chi connectivity index (χ4n) is 3.08. The Kier molecular flexibility index (Phi) is 7.79. The quantitative estimate of drug-likeness (QED) is 0.259. The number of pyridine rings is 1. The van der Waals surface area contributed by atoms with Crippen LogP contribution in [0, 0.1) is 6.92 Å². The minimum atomic E-state index is -0.118. The Bertz CT molecular complexity index is 1070. The molecule has 0 fully saturated rings. The summed E-state index contributed by atoms with van der Waals surface area (Å²) in [7, 11) is 1.63. The largest absolute Gasteiger partial charge is 0.383 e. The fourth-order valence-corrected chi connectivity index (χ4v) is 3.63. The van der Waals surface area contributed by atoms with Crippen LogP contribution in [-0.2, 0) is 4.74 Å². The maximum absolute atomic E-state index is 12.7. The summed E-state index contributed by atoms with van der Waals surface area (Å²) in [4.78, 5) is 20.5. The van der Waals surface area contributed by atoms with E-state index in [1.165, 1.54) is 0 Å². The number of methoxy groups -OCH3 is 1. The van der Waals surface area contributed by atoms with Gasteiger partial charge in [0.05, 0.1) is 34.9 Å². The number of anilines is 1. The van der Waals surface area contributed by atoms with E-state index in [0.717, 1.165) is 11.3 Å². The molecule has 1 unspecified atom stereocenters. The highest BCUT2D eigenvalue weighted by atomic mass is 35.5. The SMILES string of the molecule is COCCNC(=S)Nc1cnc(C(C)c2ccc(C(=O)c3ccc(C)cc3)[nH]2)c(Cl)c1. The summed E-state index contributed by atoms with van der Waals surface area (Å²) in [6.07, 6.45) is 1.68. The molecular weight excluding hydrogens is 432 g/mol. The van der Waals surface area contributed by atoms with Crippen molar-refractivity contribution in [3.63, 3.8) is 0 Å². The van der Waals surface area contributed by atoms with E-state index in [1.54, 1.807) is 25.4 Å². The van der Waals surface area contributed by atoms with Crippen LogP contribution in [0.4, 0.5) is 5.69 Å². The highest BCUT2D eigenvalue weighted by Gasteiger charge is 2.18. The molecule has 0 radical (unpaired) electrons. The van der Waals surface area contributed by atoms with Gasteiger partial charge in [-0.2, -0.15) is 0 Å². The van der Waals surface area contributed by atoms with Crippen LogP contribution in [0.2, 0.25) is 5.02 Å². The van der Waals surface area contributed by atoms with Gasteiger partial charge in [0, 0.05) is 30.8 Å². The molecule has 3 rings (SSSR count). The van der Waals surface area contributed by atoms with Crippen molar-refractivity contribution in [1.29, 1.82) is 0 Å². The second-order valence-electron chi connectivity index (χ2n) is 7.21. The Labute approximate surface area is 192 Å².